The first-order valence-corrected chi connectivity index (χ1v) is 14.0. The lowest BCUT2D eigenvalue weighted by atomic mass is 10.1. The van der Waals surface area contributed by atoms with Crippen LogP contribution in [-0.4, -0.2) is 55.3 Å². The summed E-state index contributed by atoms with van der Waals surface area (Å²) >= 11 is 0. The van der Waals surface area contributed by atoms with E-state index in [0.29, 0.717) is 35.2 Å². The van der Waals surface area contributed by atoms with Gasteiger partial charge in [-0.2, -0.15) is 0 Å². The van der Waals surface area contributed by atoms with E-state index in [1.165, 1.54) is 24.3 Å². The van der Waals surface area contributed by atoms with Gasteiger partial charge in [-0.1, -0.05) is 0 Å². The summed E-state index contributed by atoms with van der Waals surface area (Å²) in [6, 6.07) is 9.14. The lowest BCUT2D eigenvalue weighted by molar-refractivity contribution is 0.114. The van der Waals surface area contributed by atoms with Gasteiger partial charge in [0.05, 0.1) is 22.0 Å². The van der Waals surface area contributed by atoms with Crippen molar-refractivity contribution >= 4 is 42.0 Å². The summed E-state index contributed by atoms with van der Waals surface area (Å²) in [6.45, 7) is 1.72. The molecule has 5 rings (SSSR count). The van der Waals surface area contributed by atoms with Crippen molar-refractivity contribution in [1.29, 1.82) is 0 Å². The summed E-state index contributed by atoms with van der Waals surface area (Å²) in [7, 11) is -7.52. The fourth-order valence-electron chi connectivity index (χ4n) is 4.25. The Balaban J connectivity index is 1.43. The van der Waals surface area contributed by atoms with Gasteiger partial charge in [0.2, 0.25) is 20.0 Å². The first-order valence-electron chi connectivity index (χ1n) is 11.0. The number of fused-ring (bicyclic) bond motifs is 3. The molecule has 0 amide bonds. The monoisotopic (exact) mass is 494 g/mol. The molecule has 2 N–H and O–H groups in total. The average Bonchev–Trinajstić information content (AvgIpc) is 3.56. The minimum Gasteiger partial charge on any atom is -0.456 e. The molecule has 2 aromatic carbocycles. The Hall–Kier alpha value is -2.02. The van der Waals surface area contributed by atoms with Crippen LogP contribution in [0.2, 0.25) is 0 Å². The molecule has 2 aliphatic heterocycles. The Morgan fingerprint density at radius 2 is 1.18 bits per heavy atom. The number of hydrogen-bond acceptors (Lipinski definition) is 7. The summed E-state index contributed by atoms with van der Waals surface area (Å²) < 4.78 is 73.2. The summed E-state index contributed by atoms with van der Waals surface area (Å²) in [6.07, 6.45) is 3.26. The quantitative estimate of drug-likeness (QED) is 0.493. The molecule has 0 radical (unpaired) electrons. The maximum Gasteiger partial charge on any atom is 0.240 e. The van der Waals surface area contributed by atoms with E-state index >= 15 is 0 Å². The van der Waals surface area contributed by atoms with Gasteiger partial charge in [-0.15, -0.1) is 0 Å². The van der Waals surface area contributed by atoms with Gasteiger partial charge in [0.15, 0.2) is 0 Å². The second-order valence-corrected chi connectivity index (χ2v) is 11.9. The number of sulfonamides is 2. The molecule has 9 nitrogen and oxygen atoms in total. The standard InChI is InChI=1S/C22H26N2O7S2/c25-32(26,23-13-15-3-1-9-29-15)17-5-7-21-19(11-17)20-12-18(6-8-22(20)31-21)33(27,28)24-14-16-4-2-10-30-16/h5-8,11-12,15-16,23-24H,1-4,9-10,13-14H2/t15-,16-/m1/s1. The maximum absolute atomic E-state index is 12.8. The third-order valence-corrected chi connectivity index (χ3v) is 8.93. The SMILES string of the molecule is O=S(=O)(NC[C@H]1CCCO1)c1ccc2oc3ccc(S(=O)(=O)NC[C@H]4CCCO4)cc3c2c1. The molecule has 178 valence electrons. The second-order valence-electron chi connectivity index (χ2n) is 8.39. The van der Waals surface area contributed by atoms with E-state index in [0.717, 1.165) is 25.7 Å². The number of ether oxygens (including phenoxy) is 2. The van der Waals surface area contributed by atoms with Crippen LogP contribution < -0.4 is 9.44 Å². The molecule has 33 heavy (non-hydrogen) atoms. The fraction of sp³-hybridized carbons (Fsp3) is 0.455. The van der Waals surface area contributed by atoms with E-state index in [1.807, 2.05) is 0 Å². The van der Waals surface area contributed by atoms with E-state index < -0.39 is 20.0 Å². The first-order chi connectivity index (χ1) is 15.8. The molecule has 2 saturated heterocycles. The summed E-state index contributed by atoms with van der Waals surface area (Å²) in [5.74, 6) is 0. The second kappa shape index (κ2) is 8.97. The van der Waals surface area contributed by atoms with Crippen LogP contribution in [0.5, 0.6) is 0 Å². The normalized spacial score (nSPS) is 21.9. The van der Waals surface area contributed by atoms with E-state index in [1.54, 1.807) is 12.1 Å². The van der Waals surface area contributed by atoms with Crippen molar-refractivity contribution in [2.45, 2.75) is 47.7 Å². The molecule has 0 saturated carbocycles. The van der Waals surface area contributed by atoms with Crippen molar-refractivity contribution in [3.63, 3.8) is 0 Å². The smallest absolute Gasteiger partial charge is 0.240 e. The highest BCUT2D eigenvalue weighted by atomic mass is 32.2. The van der Waals surface area contributed by atoms with Gasteiger partial charge >= 0.3 is 0 Å². The predicted octanol–water partition coefficient (Wildman–Crippen LogP) is 2.50. The van der Waals surface area contributed by atoms with Gasteiger partial charge in [0.25, 0.3) is 0 Å². The van der Waals surface area contributed by atoms with Crippen molar-refractivity contribution in [3.05, 3.63) is 36.4 Å². The van der Waals surface area contributed by atoms with Crippen LogP contribution >= 0.6 is 0 Å². The minimum atomic E-state index is -3.76. The van der Waals surface area contributed by atoms with Gasteiger partial charge in [-0.25, -0.2) is 26.3 Å². The maximum atomic E-state index is 12.8. The zero-order chi connectivity index (χ0) is 23.1. The number of nitrogens with one attached hydrogen (secondary N) is 2. The van der Waals surface area contributed by atoms with Crippen LogP contribution in [0.1, 0.15) is 25.7 Å². The molecule has 2 fully saturated rings. The topological polar surface area (TPSA) is 124 Å². The number of rotatable bonds is 8. The van der Waals surface area contributed by atoms with Crippen LogP contribution in [0.15, 0.2) is 50.6 Å². The Labute approximate surface area is 192 Å². The van der Waals surface area contributed by atoms with Crippen molar-refractivity contribution in [3.8, 4) is 0 Å². The first kappa shape index (κ1) is 22.8. The lowest BCUT2D eigenvalue weighted by Gasteiger charge is -2.11. The molecule has 3 aromatic rings. The summed E-state index contributed by atoms with van der Waals surface area (Å²) in [5, 5.41) is 1.06. The van der Waals surface area contributed by atoms with Gasteiger partial charge in [-0.3, -0.25) is 0 Å². The Morgan fingerprint density at radius 1 is 0.727 bits per heavy atom. The van der Waals surface area contributed by atoms with Gasteiger partial charge in [-0.05, 0) is 62.1 Å². The third-order valence-electron chi connectivity index (χ3n) is 6.08. The van der Waals surface area contributed by atoms with Gasteiger partial charge in [0, 0.05) is 37.1 Å². The Kier molecular flexibility index (Phi) is 6.19. The Morgan fingerprint density at radius 3 is 1.58 bits per heavy atom. The Bertz CT molecular complexity index is 1270. The molecule has 0 unspecified atom stereocenters. The molecule has 0 spiro atoms. The molecule has 2 atom stereocenters. The number of furan rings is 1. The third kappa shape index (κ3) is 4.79. The summed E-state index contributed by atoms with van der Waals surface area (Å²) in [5.41, 5.74) is 0.954. The van der Waals surface area contributed by atoms with E-state index in [9.17, 15) is 16.8 Å². The largest absolute Gasteiger partial charge is 0.456 e. The molecular formula is C22H26N2O7S2. The lowest BCUT2D eigenvalue weighted by Crippen LogP contribution is -2.31. The van der Waals surface area contributed by atoms with Crippen LogP contribution in [0.25, 0.3) is 21.9 Å². The van der Waals surface area contributed by atoms with Crippen molar-refractivity contribution in [2.24, 2.45) is 0 Å². The average molecular weight is 495 g/mol. The van der Waals surface area contributed by atoms with Crippen LogP contribution in [0.3, 0.4) is 0 Å². The van der Waals surface area contributed by atoms with Crippen LogP contribution in [-0.2, 0) is 29.5 Å². The molecule has 0 bridgehead atoms. The zero-order valence-electron chi connectivity index (χ0n) is 17.9. The predicted molar refractivity (Wildman–Crippen MR) is 122 cm³/mol. The highest BCUT2D eigenvalue weighted by Crippen LogP contribution is 2.32. The highest BCUT2D eigenvalue weighted by Gasteiger charge is 2.23. The molecule has 0 aliphatic carbocycles. The van der Waals surface area contributed by atoms with Gasteiger partial charge in [0.1, 0.15) is 11.2 Å². The molecule has 1 aromatic heterocycles. The summed E-state index contributed by atoms with van der Waals surface area (Å²) in [4.78, 5) is 0.168. The van der Waals surface area contributed by atoms with E-state index in [2.05, 4.69) is 9.44 Å². The van der Waals surface area contributed by atoms with Crippen molar-refractivity contribution in [2.75, 3.05) is 26.3 Å². The highest BCUT2D eigenvalue weighted by molar-refractivity contribution is 7.89. The van der Waals surface area contributed by atoms with Gasteiger partial charge < -0.3 is 13.9 Å². The van der Waals surface area contributed by atoms with Crippen molar-refractivity contribution < 1.29 is 30.7 Å². The van der Waals surface area contributed by atoms with Crippen molar-refractivity contribution in [1.82, 2.24) is 9.44 Å². The molecule has 11 heteroatoms. The molecule has 3 heterocycles. The van der Waals surface area contributed by atoms with E-state index in [-0.39, 0.29) is 35.1 Å². The van der Waals surface area contributed by atoms with Crippen LogP contribution in [0, 0.1) is 0 Å². The van der Waals surface area contributed by atoms with E-state index in [4.69, 9.17) is 13.9 Å². The zero-order valence-corrected chi connectivity index (χ0v) is 19.6. The fourth-order valence-corrected chi connectivity index (χ4v) is 6.44. The molecular weight excluding hydrogens is 468 g/mol. The number of benzene rings is 2. The number of hydrogen-bond donors (Lipinski definition) is 2. The minimum absolute atomic E-state index is 0.0838. The van der Waals surface area contributed by atoms with Crippen LogP contribution in [0.4, 0.5) is 0 Å². The molecule has 2 aliphatic rings.